The van der Waals surface area contributed by atoms with E-state index < -0.39 is 0 Å². The molecule has 0 bridgehead atoms. The van der Waals surface area contributed by atoms with Gasteiger partial charge < -0.3 is 0 Å². The van der Waals surface area contributed by atoms with Crippen LogP contribution in [0.1, 0.15) is 25.8 Å². The third-order valence-electron chi connectivity index (χ3n) is 2.65. The van der Waals surface area contributed by atoms with Gasteiger partial charge in [0, 0.05) is 21.5 Å². The minimum absolute atomic E-state index is 0.151. The molecule has 0 aliphatic rings. The van der Waals surface area contributed by atoms with E-state index in [1.165, 1.54) is 6.07 Å². The van der Waals surface area contributed by atoms with E-state index in [2.05, 4.69) is 29.8 Å². The summed E-state index contributed by atoms with van der Waals surface area (Å²) in [6.45, 7) is 4.23. The second-order valence-electron chi connectivity index (χ2n) is 4.33. The van der Waals surface area contributed by atoms with Gasteiger partial charge in [-0.3, -0.25) is 10.1 Å². The van der Waals surface area contributed by atoms with Crippen LogP contribution in [0.4, 0.5) is 5.69 Å². The molecule has 0 aliphatic carbocycles. The predicted molar refractivity (Wildman–Crippen MR) is 74.0 cm³/mol. The molecule has 0 radical (unpaired) electrons. The molecule has 0 saturated carbocycles. The van der Waals surface area contributed by atoms with Gasteiger partial charge in [0.25, 0.3) is 5.69 Å². The number of nitrogens with zero attached hydrogens (tertiary/aromatic N) is 1. The molecule has 5 heteroatoms. The molecular formula is C12H15BrClNO2. The Morgan fingerprint density at radius 1 is 1.47 bits per heavy atom. The first-order chi connectivity index (χ1) is 7.91. The van der Waals surface area contributed by atoms with E-state index in [1.807, 2.05) is 0 Å². The van der Waals surface area contributed by atoms with E-state index in [0.717, 1.165) is 6.42 Å². The van der Waals surface area contributed by atoms with Gasteiger partial charge in [-0.1, -0.05) is 41.4 Å². The summed E-state index contributed by atoms with van der Waals surface area (Å²) in [5.74, 6) is 0.508. The van der Waals surface area contributed by atoms with Crippen molar-refractivity contribution in [1.29, 1.82) is 0 Å². The van der Waals surface area contributed by atoms with Gasteiger partial charge in [0.2, 0.25) is 0 Å². The maximum atomic E-state index is 10.9. The largest absolute Gasteiger partial charge is 0.272 e. The fourth-order valence-corrected chi connectivity index (χ4v) is 1.98. The number of nitro benzene ring substituents is 1. The van der Waals surface area contributed by atoms with Crippen LogP contribution < -0.4 is 0 Å². The zero-order valence-corrected chi connectivity index (χ0v) is 12.2. The molecule has 17 heavy (non-hydrogen) atoms. The van der Waals surface area contributed by atoms with Crippen molar-refractivity contribution >= 4 is 33.2 Å². The van der Waals surface area contributed by atoms with Gasteiger partial charge in [0.15, 0.2) is 0 Å². The van der Waals surface area contributed by atoms with Crippen LogP contribution in [0.15, 0.2) is 18.2 Å². The van der Waals surface area contributed by atoms with E-state index in [9.17, 15) is 10.1 Å². The number of alkyl halides is 1. The van der Waals surface area contributed by atoms with E-state index in [4.69, 9.17) is 11.6 Å². The Bertz CT molecular complexity index is 409. The van der Waals surface area contributed by atoms with Gasteiger partial charge in [0.05, 0.1) is 4.92 Å². The molecule has 0 N–H and O–H groups in total. The van der Waals surface area contributed by atoms with Crippen LogP contribution in [-0.4, -0.2) is 9.75 Å². The normalized spacial score (nSPS) is 12.8. The molecule has 1 aromatic carbocycles. The number of aryl methyl sites for hydroxylation is 1. The minimum atomic E-state index is -0.357. The lowest BCUT2D eigenvalue weighted by Gasteiger charge is -2.13. The van der Waals surface area contributed by atoms with Crippen molar-refractivity contribution in [2.24, 2.45) is 5.92 Å². The molecule has 0 aliphatic heterocycles. The van der Waals surface area contributed by atoms with Gasteiger partial charge in [-0.05, 0) is 30.9 Å². The molecule has 0 fully saturated rings. The number of rotatable bonds is 5. The monoisotopic (exact) mass is 319 g/mol. The zero-order chi connectivity index (χ0) is 13.0. The van der Waals surface area contributed by atoms with Crippen molar-refractivity contribution in [3.8, 4) is 0 Å². The first-order valence-corrected chi connectivity index (χ1v) is 6.78. The van der Waals surface area contributed by atoms with Crippen LogP contribution >= 0.6 is 27.5 Å². The Morgan fingerprint density at radius 3 is 2.65 bits per heavy atom. The molecule has 1 atom stereocenters. The lowest BCUT2D eigenvalue weighted by molar-refractivity contribution is -0.385. The topological polar surface area (TPSA) is 43.1 Å². The molecule has 0 saturated heterocycles. The molecular weight excluding hydrogens is 305 g/mol. The molecule has 1 unspecified atom stereocenters. The summed E-state index contributed by atoms with van der Waals surface area (Å²) < 4.78 is 0. The zero-order valence-electron chi connectivity index (χ0n) is 9.82. The summed E-state index contributed by atoms with van der Waals surface area (Å²) in [5, 5.41) is 11.4. The lowest BCUT2D eigenvalue weighted by Crippen LogP contribution is -2.08. The third-order valence-corrected chi connectivity index (χ3v) is 4.40. The molecule has 94 valence electrons. The Balaban J connectivity index is 2.82. The number of hydrogen-bond donors (Lipinski definition) is 0. The SMILES string of the molecule is CC(C)C(Br)CCc1cc(Cl)ccc1[N+](=O)[O-]. The highest BCUT2D eigenvalue weighted by atomic mass is 79.9. The van der Waals surface area contributed by atoms with E-state index in [-0.39, 0.29) is 10.6 Å². The maximum Gasteiger partial charge on any atom is 0.272 e. The third kappa shape index (κ3) is 4.28. The highest BCUT2D eigenvalue weighted by Gasteiger charge is 2.16. The Morgan fingerprint density at radius 2 is 2.12 bits per heavy atom. The Labute approximate surface area is 114 Å². The summed E-state index contributed by atoms with van der Waals surface area (Å²) in [6.07, 6.45) is 1.52. The lowest BCUT2D eigenvalue weighted by atomic mass is 10.0. The quantitative estimate of drug-likeness (QED) is 0.452. The summed E-state index contributed by atoms with van der Waals surface area (Å²) in [6, 6.07) is 4.70. The number of nitro groups is 1. The number of hydrogen-bond acceptors (Lipinski definition) is 2. The van der Waals surface area contributed by atoms with Crippen molar-refractivity contribution in [3.05, 3.63) is 38.9 Å². The van der Waals surface area contributed by atoms with Crippen molar-refractivity contribution in [1.82, 2.24) is 0 Å². The number of benzene rings is 1. The van der Waals surface area contributed by atoms with E-state index in [1.54, 1.807) is 12.1 Å². The molecule has 1 aromatic rings. The molecule has 0 aromatic heterocycles. The van der Waals surface area contributed by atoms with Crippen molar-refractivity contribution in [2.75, 3.05) is 0 Å². The van der Waals surface area contributed by atoms with Gasteiger partial charge >= 0.3 is 0 Å². The van der Waals surface area contributed by atoms with E-state index >= 15 is 0 Å². The smallest absolute Gasteiger partial charge is 0.258 e. The highest BCUT2D eigenvalue weighted by molar-refractivity contribution is 9.09. The average Bonchev–Trinajstić information content (AvgIpc) is 2.25. The molecule has 0 spiro atoms. The fourth-order valence-electron chi connectivity index (χ4n) is 1.56. The highest BCUT2D eigenvalue weighted by Crippen LogP contribution is 2.26. The first kappa shape index (κ1) is 14.5. The predicted octanol–water partition coefficient (Wildman–Crippen LogP) is 4.60. The van der Waals surface area contributed by atoms with Gasteiger partial charge in [0.1, 0.15) is 0 Å². The van der Waals surface area contributed by atoms with Crippen LogP contribution in [0.3, 0.4) is 0 Å². The average molecular weight is 321 g/mol. The maximum absolute atomic E-state index is 10.9. The van der Waals surface area contributed by atoms with Crippen LogP contribution in [0, 0.1) is 16.0 Å². The summed E-state index contributed by atoms with van der Waals surface area (Å²) in [4.78, 5) is 10.9. The Kier molecular flexibility index (Phi) is 5.40. The van der Waals surface area contributed by atoms with Gasteiger partial charge in [-0.2, -0.15) is 0 Å². The molecule has 0 amide bonds. The first-order valence-electron chi connectivity index (χ1n) is 5.48. The van der Waals surface area contributed by atoms with E-state index in [0.29, 0.717) is 27.8 Å². The van der Waals surface area contributed by atoms with Crippen LogP contribution in [0.2, 0.25) is 5.02 Å². The molecule has 1 rings (SSSR count). The second-order valence-corrected chi connectivity index (χ2v) is 5.94. The summed E-state index contributed by atoms with van der Waals surface area (Å²) in [5.41, 5.74) is 0.852. The minimum Gasteiger partial charge on any atom is -0.258 e. The summed E-state index contributed by atoms with van der Waals surface area (Å²) in [7, 11) is 0. The van der Waals surface area contributed by atoms with Crippen LogP contribution in [0.25, 0.3) is 0 Å². The van der Waals surface area contributed by atoms with Crippen molar-refractivity contribution in [2.45, 2.75) is 31.5 Å². The second kappa shape index (κ2) is 6.36. The fraction of sp³-hybridized carbons (Fsp3) is 0.500. The summed E-state index contributed by atoms with van der Waals surface area (Å²) >= 11 is 9.44. The van der Waals surface area contributed by atoms with Crippen LogP contribution in [-0.2, 0) is 6.42 Å². The molecule has 3 nitrogen and oxygen atoms in total. The number of halogens is 2. The van der Waals surface area contributed by atoms with Crippen molar-refractivity contribution in [3.63, 3.8) is 0 Å². The standard InChI is InChI=1S/C12H15BrClNO2/c1-8(2)11(13)5-3-9-7-10(14)4-6-12(9)15(16)17/h4,6-8,11H,3,5H2,1-2H3. The van der Waals surface area contributed by atoms with Crippen LogP contribution in [0.5, 0.6) is 0 Å². The molecule has 0 heterocycles. The van der Waals surface area contributed by atoms with Crippen molar-refractivity contribution < 1.29 is 4.92 Å². The Hall–Kier alpha value is -0.610. The van der Waals surface area contributed by atoms with Gasteiger partial charge in [-0.25, -0.2) is 0 Å². The van der Waals surface area contributed by atoms with Gasteiger partial charge in [-0.15, -0.1) is 0 Å².